The summed E-state index contributed by atoms with van der Waals surface area (Å²) in [5.74, 6) is -0.467. The predicted octanol–water partition coefficient (Wildman–Crippen LogP) is 16.0. The molecule has 12 nitrogen and oxygen atoms in total. The summed E-state index contributed by atoms with van der Waals surface area (Å²) < 4.78 is 34.4. The van der Waals surface area contributed by atoms with E-state index in [2.05, 4.69) is 13.8 Å². The van der Waals surface area contributed by atoms with E-state index in [0.29, 0.717) is 13.0 Å². The lowest BCUT2D eigenvalue weighted by Crippen LogP contribution is -2.64. The number of esters is 1. The number of hydrogen-bond acceptors (Lipinski definition) is 11. The maximum atomic E-state index is 12.9. The van der Waals surface area contributed by atoms with Crippen molar-refractivity contribution < 1.29 is 58.3 Å². The first-order chi connectivity index (χ1) is 36.0. The lowest BCUT2D eigenvalue weighted by molar-refractivity contribution is -0.220. The van der Waals surface area contributed by atoms with Gasteiger partial charge < -0.3 is 39.9 Å². The quantitative estimate of drug-likeness (QED) is 0.0192. The van der Waals surface area contributed by atoms with E-state index in [1.54, 1.807) is 0 Å². The molecular formula is C61H121O12P. The Morgan fingerprint density at radius 1 is 0.378 bits per heavy atom. The highest BCUT2D eigenvalue weighted by Crippen LogP contribution is 2.47. The molecule has 74 heavy (non-hydrogen) atoms. The normalized spacial score (nSPS) is 20.3. The Labute approximate surface area is 455 Å². The maximum absolute atomic E-state index is 12.9. The Kier molecular flexibility index (Phi) is 49.9. The number of carbonyl (C=O) groups is 1. The second-order valence-electron chi connectivity index (χ2n) is 22.6. The molecule has 0 aromatic heterocycles. The summed E-state index contributed by atoms with van der Waals surface area (Å²) in [5, 5.41) is 50.4. The van der Waals surface area contributed by atoms with Crippen LogP contribution >= 0.6 is 7.82 Å². The second-order valence-corrected chi connectivity index (χ2v) is 24.0. The number of rotatable bonds is 57. The van der Waals surface area contributed by atoms with Crippen LogP contribution in [-0.4, -0.2) is 98.9 Å². The average Bonchev–Trinajstić information content (AvgIpc) is 3.39. The number of ether oxygens (including phenoxy) is 2. The van der Waals surface area contributed by atoms with E-state index in [1.165, 1.54) is 257 Å². The SMILES string of the molecule is CCCCCCCCCCCCCCCCCCCCCCCCCCCCCCCCCCCCCC(=O)O[C@H](COCCCCCCCCCCCCCC)COP(=O)(O)OC1C(O)C(O)C(O)[C@@H](O)C1O. The van der Waals surface area contributed by atoms with Crippen LogP contribution in [-0.2, 0) is 27.9 Å². The molecule has 442 valence electrons. The Morgan fingerprint density at radius 3 is 0.932 bits per heavy atom. The Hall–Kier alpha value is -0.660. The average molecular weight is 1080 g/mol. The van der Waals surface area contributed by atoms with Gasteiger partial charge in [0.25, 0.3) is 0 Å². The summed E-state index contributed by atoms with van der Waals surface area (Å²) in [4.78, 5) is 23.3. The number of phosphoric acid groups is 1. The van der Waals surface area contributed by atoms with Gasteiger partial charge in [0.2, 0.25) is 0 Å². The number of unbranched alkanes of at least 4 members (excludes halogenated alkanes) is 45. The molecule has 1 aliphatic rings. The summed E-state index contributed by atoms with van der Waals surface area (Å²) in [6.07, 6.45) is 49.4. The second kappa shape index (κ2) is 51.8. The minimum atomic E-state index is -5.02. The van der Waals surface area contributed by atoms with Crippen molar-refractivity contribution in [3.8, 4) is 0 Å². The molecule has 13 heteroatoms. The highest BCUT2D eigenvalue weighted by atomic mass is 31.2. The van der Waals surface area contributed by atoms with E-state index in [1.807, 2.05) is 0 Å². The topological polar surface area (TPSA) is 192 Å². The zero-order valence-electron chi connectivity index (χ0n) is 48.2. The van der Waals surface area contributed by atoms with Crippen LogP contribution in [0.4, 0.5) is 0 Å². The molecule has 1 aliphatic carbocycles. The van der Waals surface area contributed by atoms with Gasteiger partial charge in [0.05, 0.1) is 13.2 Å². The highest BCUT2D eigenvalue weighted by Gasteiger charge is 2.51. The summed E-state index contributed by atoms with van der Waals surface area (Å²) >= 11 is 0. The third-order valence-corrected chi connectivity index (χ3v) is 16.5. The third-order valence-electron chi connectivity index (χ3n) is 15.5. The van der Waals surface area contributed by atoms with Crippen LogP contribution in [0.1, 0.15) is 322 Å². The van der Waals surface area contributed by atoms with Gasteiger partial charge in [-0.25, -0.2) is 4.57 Å². The molecule has 0 amide bonds. The van der Waals surface area contributed by atoms with Gasteiger partial charge in [-0.05, 0) is 12.8 Å². The van der Waals surface area contributed by atoms with Gasteiger partial charge in [0.15, 0.2) is 0 Å². The highest BCUT2D eigenvalue weighted by molar-refractivity contribution is 7.47. The van der Waals surface area contributed by atoms with Crippen molar-refractivity contribution in [1.29, 1.82) is 0 Å². The van der Waals surface area contributed by atoms with Gasteiger partial charge >= 0.3 is 13.8 Å². The molecule has 8 atom stereocenters. The van der Waals surface area contributed by atoms with E-state index in [4.69, 9.17) is 18.5 Å². The molecule has 1 rings (SSSR count). The van der Waals surface area contributed by atoms with Crippen molar-refractivity contribution in [2.45, 2.75) is 365 Å². The van der Waals surface area contributed by atoms with Crippen molar-refractivity contribution in [2.24, 2.45) is 0 Å². The summed E-state index contributed by atoms with van der Waals surface area (Å²) in [5.41, 5.74) is 0. The molecule has 0 aromatic rings. The molecule has 1 fully saturated rings. The van der Waals surface area contributed by atoms with Crippen LogP contribution in [0.15, 0.2) is 0 Å². The number of aliphatic hydroxyl groups excluding tert-OH is 5. The molecule has 6 N–H and O–H groups in total. The smallest absolute Gasteiger partial charge is 0.457 e. The van der Waals surface area contributed by atoms with E-state index in [-0.39, 0.29) is 13.0 Å². The molecule has 6 unspecified atom stereocenters. The molecule has 0 radical (unpaired) electrons. The predicted molar refractivity (Wildman–Crippen MR) is 304 cm³/mol. The van der Waals surface area contributed by atoms with E-state index >= 15 is 0 Å². The summed E-state index contributed by atoms with van der Waals surface area (Å²) in [6.45, 7) is 4.33. The molecule has 0 spiro atoms. The fourth-order valence-corrected chi connectivity index (χ4v) is 11.5. The molecule has 0 aliphatic heterocycles. The molecular weight excluding hydrogens is 956 g/mol. The van der Waals surface area contributed by atoms with Crippen LogP contribution in [0, 0.1) is 0 Å². The lowest BCUT2D eigenvalue weighted by Gasteiger charge is -2.41. The number of aliphatic hydroxyl groups is 5. The molecule has 0 heterocycles. The van der Waals surface area contributed by atoms with Crippen LogP contribution < -0.4 is 0 Å². The van der Waals surface area contributed by atoms with Crippen molar-refractivity contribution in [3.63, 3.8) is 0 Å². The lowest BCUT2D eigenvalue weighted by atomic mass is 9.85. The fourth-order valence-electron chi connectivity index (χ4n) is 10.5. The Morgan fingerprint density at radius 2 is 0.635 bits per heavy atom. The first kappa shape index (κ1) is 71.4. The van der Waals surface area contributed by atoms with Crippen molar-refractivity contribution in [3.05, 3.63) is 0 Å². The Balaban J connectivity index is 2.09. The molecule has 0 saturated heterocycles. The van der Waals surface area contributed by atoms with Gasteiger partial charge in [0, 0.05) is 13.0 Å². The minimum Gasteiger partial charge on any atom is -0.457 e. The maximum Gasteiger partial charge on any atom is 0.472 e. The fraction of sp³-hybridized carbons (Fsp3) is 0.984. The molecule has 0 aromatic carbocycles. The van der Waals surface area contributed by atoms with Crippen molar-refractivity contribution in [1.82, 2.24) is 0 Å². The standard InChI is InChI=1S/C61H121O12P/c1-3-5-7-9-11-13-15-17-18-19-20-21-22-23-24-25-26-27-28-29-30-31-32-33-34-35-36-37-38-39-40-42-44-46-48-50-55(62)72-54(52-70-51-49-47-45-43-41-16-14-12-10-8-6-4-2)53-71-74(68,69)73-61-59(66)57(64)56(63)58(65)60(61)67/h54,56-61,63-67H,3-53H2,1-2H3,(H,68,69)/t54-,56?,57-,58?,59?,60?,61?/m1/s1. The van der Waals surface area contributed by atoms with Gasteiger partial charge in [-0.3, -0.25) is 13.8 Å². The number of phosphoric ester groups is 1. The van der Waals surface area contributed by atoms with Gasteiger partial charge in [0.1, 0.15) is 42.7 Å². The van der Waals surface area contributed by atoms with Crippen LogP contribution in [0.5, 0.6) is 0 Å². The first-order valence-corrected chi connectivity index (χ1v) is 33.4. The van der Waals surface area contributed by atoms with Crippen LogP contribution in [0.2, 0.25) is 0 Å². The van der Waals surface area contributed by atoms with Crippen molar-refractivity contribution in [2.75, 3.05) is 19.8 Å². The minimum absolute atomic E-state index is 0.0677. The number of hydrogen-bond donors (Lipinski definition) is 6. The van der Waals surface area contributed by atoms with E-state index in [9.17, 15) is 39.8 Å². The van der Waals surface area contributed by atoms with Gasteiger partial charge in [-0.2, -0.15) is 0 Å². The zero-order chi connectivity index (χ0) is 54.0. The van der Waals surface area contributed by atoms with E-state index in [0.717, 1.165) is 38.5 Å². The monoisotopic (exact) mass is 1080 g/mol. The molecule has 0 bridgehead atoms. The van der Waals surface area contributed by atoms with Crippen LogP contribution in [0.25, 0.3) is 0 Å². The van der Waals surface area contributed by atoms with E-state index < -0.39 is 63.1 Å². The Bertz CT molecular complexity index is 1230. The molecule has 1 saturated carbocycles. The van der Waals surface area contributed by atoms with Gasteiger partial charge in [-0.15, -0.1) is 0 Å². The van der Waals surface area contributed by atoms with Gasteiger partial charge in [-0.1, -0.05) is 303 Å². The first-order valence-electron chi connectivity index (χ1n) is 31.9. The third kappa shape index (κ3) is 42.3. The summed E-state index contributed by atoms with van der Waals surface area (Å²) in [6, 6.07) is 0. The number of carbonyl (C=O) groups excluding carboxylic acids is 1. The zero-order valence-corrected chi connectivity index (χ0v) is 49.1. The van der Waals surface area contributed by atoms with Crippen LogP contribution in [0.3, 0.4) is 0 Å². The largest absolute Gasteiger partial charge is 0.472 e. The summed E-state index contributed by atoms with van der Waals surface area (Å²) in [7, 11) is -5.02. The van der Waals surface area contributed by atoms with Crippen molar-refractivity contribution >= 4 is 13.8 Å².